The highest BCUT2D eigenvalue weighted by atomic mass is 16.6. The standard InChI is InChI=1S/C22H38N2O3/c1-4-5-6-7-8-9-10-11-12-13-14-15-16-17-20-19(18-23)24(21(25)26)22(2,3)27-20/h16-17,19-20H,4-15H2,1-3H3,(H,25,26). The van der Waals surface area contributed by atoms with Gasteiger partial charge in [-0.15, -0.1) is 0 Å². The second-order valence-electron chi connectivity index (χ2n) is 8.01. The Morgan fingerprint density at radius 1 is 1.07 bits per heavy atom. The fraction of sp³-hybridized carbons (Fsp3) is 0.818. The smallest absolute Gasteiger partial charge is 0.410 e. The number of carboxylic acid groups (broad SMARTS) is 1. The van der Waals surface area contributed by atoms with Gasteiger partial charge >= 0.3 is 6.09 Å². The predicted molar refractivity (Wildman–Crippen MR) is 108 cm³/mol. The van der Waals surface area contributed by atoms with E-state index in [1.54, 1.807) is 13.8 Å². The van der Waals surface area contributed by atoms with Crippen LogP contribution in [-0.2, 0) is 4.74 Å². The van der Waals surface area contributed by atoms with E-state index in [1.807, 2.05) is 12.2 Å². The van der Waals surface area contributed by atoms with E-state index in [0.717, 1.165) is 17.7 Å². The van der Waals surface area contributed by atoms with E-state index in [1.165, 1.54) is 64.2 Å². The van der Waals surface area contributed by atoms with Crippen LogP contribution < -0.4 is 0 Å². The van der Waals surface area contributed by atoms with E-state index in [0.29, 0.717) is 0 Å². The van der Waals surface area contributed by atoms with Crippen molar-refractivity contribution in [1.82, 2.24) is 4.90 Å². The highest BCUT2D eigenvalue weighted by molar-refractivity contribution is 5.67. The van der Waals surface area contributed by atoms with Gasteiger partial charge in [-0.1, -0.05) is 83.3 Å². The Kier molecular flexibility index (Phi) is 11.1. The number of hydrogen-bond acceptors (Lipinski definition) is 3. The summed E-state index contributed by atoms with van der Waals surface area (Å²) < 4.78 is 5.77. The van der Waals surface area contributed by atoms with Crippen LogP contribution >= 0.6 is 0 Å². The summed E-state index contributed by atoms with van der Waals surface area (Å²) in [6.07, 6.45) is 17.7. The zero-order valence-corrected chi connectivity index (χ0v) is 17.5. The molecule has 154 valence electrons. The van der Waals surface area contributed by atoms with Gasteiger partial charge in [0.2, 0.25) is 0 Å². The Morgan fingerprint density at radius 3 is 2.07 bits per heavy atom. The van der Waals surface area contributed by atoms with Crippen molar-refractivity contribution in [2.75, 3.05) is 0 Å². The molecular weight excluding hydrogens is 340 g/mol. The first-order chi connectivity index (χ1) is 12.9. The van der Waals surface area contributed by atoms with Gasteiger partial charge in [-0.25, -0.2) is 4.79 Å². The number of amides is 1. The third kappa shape index (κ3) is 8.34. The van der Waals surface area contributed by atoms with Gasteiger partial charge in [0.1, 0.15) is 11.8 Å². The van der Waals surface area contributed by atoms with E-state index in [4.69, 9.17) is 4.74 Å². The zero-order valence-electron chi connectivity index (χ0n) is 17.5. The zero-order chi connectivity index (χ0) is 20.1. The SMILES string of the molecule is CCCCCCCCCCCCCC=CC1OC(C)(C)N(C(=O)O)C1C#N. The molecule has 27 heavy (non-hydrogen) atoms. The number of nitriles is 1. The number of rotatable bonds is 13. The maximum absolute atomic E-state index is 11.4. The maximum Gasteiger partial charge on any atom is 0.410 e. The minimum absolute atomic E-state index is 0.492. The van der Waals surface area contributed by atoms with Crippen molar-refractivity contribution in [3.8, 4) is 6.07 Å². The normalized spacial score (nSPS) is 21.6. The van der Waals surface area contributed by atoms with Gasteiger partial charge in [0.05, 0.1) is 6.07 Å². The van der Waals surface area contributed by atoms with Crippen LogP contribution in [0.25, 0.3) is 0 Å². The summed E-state index contributed by atoms with van der Waals surface area (Å²) in [5.41, 5.74) is -0.974. The molecule has 5 nitrogen and oxygen atoms in total. The molecule has 1 heterocycles. The first-order valence-electron chi connectivity index (χ1n) is 10.7. The Bertz CT molecular complexity index is 496. The minimum Gasteiger partial charge on any atom is -0.465 e. The number of nitrogens with zero attached hydrogens (tertiary/aromatic N) is 2. The van der Waals surface area contributed by atoms with Crippen molar-refractivity contribution in [1.29, 1.82) is 5.26 Å². The molecule has 1 fully saturated rings. The lowest BCUT2D eigenvalue weighted by Gasteiger charge is -2.28. The van der Waals surface area contributed by atoms with Crippen LogP contribution in [-0.4, -0.2) is 34.0 Å². The second-order valence-corrected chi connectivity index (χ2v) is 8.01. The molecular formula is C22H38N2O3. The van der Waals surface area contributed by atoms with Crippen LogP contribution in [0.3, 0.4) is 0 Å². The van der Waals surface area contributed by atoms with E-state index in [2.05, 4.69) is 13.0 Å². The molecule has 0 bridgehead atoms. The van der Waals surface area contributed by atoms with E-state index in [-0.39, 0.29) is 0 Å². The highest BCUT2D eigenvalue weighted by Gasteiger charge is 2.49. The highest BCUT2D eigenvalue weighted by Crippen LogP contribution is 2.32. The Labute approximate surface area is 165 Å². The van der Waals surface area contributed by atoms with E-state index in [9.17, 15) is 15.2 Å². The molecule has 0 saturated carbocycles. The summed E-state index contributed by atoms with van der Waals surface area (Å²) in [7, 11) is 0. The maximum atomic E-state index is 11.4. The van der Waals surface area contributed by atoms with Gasteiger partial charge in [0.15, 0.2) is 6.04 Å². The van der Waals surface area contributed by atoms with Gasteiger partial charge in [-0.2, -0.15) is 5.26 Å². The summed E-state index contributed by atoms with van der Waals surface area (Å²) in [5, 5.41) is 18.6. The molecule has 0 aromatic carbocycles. The monoisotopic (exact) mass is 378 g/mol. The average molecular weight is 379 g/mol. The summed E-state index contributed by atoms with van der Waals surface area (Å²) in [6.45, 7) is 5.62. The topological polar surface area (TPSA) is 73.6 Å². The molecule has 1 aliphatic heterocycles. The molecule has 1 rings (SSSR count). The number of hydrogen-bond donors (Lipinski definition) is 1. The predicted octanol–water partition coefficient (Wildman–Crippen LogP) is 6.25. The molecule has 0 aromatic heterocycles. The van der Waals surface area contributed by atoms with Crippen LogP contribution in [0.1, 0.15) is 97.8 Å². The summed E-state index contributed by atoms with van der Waals surface area (Å²) in [6, 6.07) is 1.28. The van der Waals surface area contributed by atoms with Crippen LogP contribution in [0.5, 0.6) is 0 Å². The number of carbonyl (C=O) groups is 1. The summed E-state index contributed by atoms with van der Waals surface area (Å²) >= 11 is 0. The summed E-state index contributed by atoms with van der Waals surface area (Å²) in [4.78, 5) is 12.5. The molecule has 0 aromatic rings. The van der Waals surface area contributed by atoms with E-state index >= 15 is 0 Å². The van der Waals surface area contributed by atoms with Gasteiger partial charge in [-0.3, -0.25) is 4.90 Å². The van der Waals surface area contributed by atoms with Crippen LogP contribution in [0.15, 0.2) is 12.2 Å². The minimum atomic E-state index is -1.12. The fourth-order valence-electron chi connectivity index (χ4n) is 3.72. The summed E-state index contributed by atoms with van der Waals surface area (Å²) in [5.74, 6) is 0. The first kappa shape index (κ1) is 23.5. The van der Waals surface area contributed by atoms with Crippen molar-refractivity contribution in [3.05, 3.63) is 12.2 Å². The Hall–Kier alpha value is -1.54. The van der Waals surface area contributed by atoms with Crippen molar-refractivity contribution >= 4 is 6.09 Å². The molecule has 1 amide bonds. The van der Waals surface area contributed by atoms with Gasteiger partial charge < -0.3 is 9.84 Å². The average Bonchev–Trinajstić information content (AvgIpc) is 2.88. The largest absolute Gasteiger partial charge is 0.465 e. The van der Waals surface area contributed by atoms with Crippen molar-refractivity contribution in [2.24, 2.45) is 0 Å². The molecule has 0 radical (unpaired) electrons. The molecule has 1 aliphatic rings. The van der Waals surface area contributed by atoms with Crippen molar-refractivity contribution in [2.45, 2.75) is 116 Å². The van der Waals surface area contributed by atoms with Gasteiger partial charge in [-0.05, 0) is 26.7 Å². The molecule has 0 aliphatic carbocycles. The second kappa shape index (κ2) is 12.8. The molecule has 1 saturated heterocycles. The quantitative estimate of drug-likeness (QED) is 0.303. The molecule has 0 spiro atoms. The van der Waals surface area contributed by atoms with Crippen LogP contribution in [0, 0.1) is 11.3 Å². The molecule has 2 atom stereocenters. The first-order valence-corrected chi connectivity index (χ1v) is 10.7. The number of ether oxygens (including phenoxy) is 1. The lowest BCUT2D eigenvalue weighted by molar-refractivity contribution is -0.0557. The van der Waals surface area contributed by atoms with Crippen LogP contribution in [0.4, 0.5) is 4.79 Å². The number of allylic oxidation sites excluding steroid dienone is 1. The Balaban J connectivity index is 2.14. The van der Waals surface area contributed by atoms with Gasteiger partial charge in [0, 0.05) is 0 Å². The van der Waals surface area contributed by atoms with Gasteiger partial charge in [0.25, 0.3) is 0 Å². The van der Waals surface area contributed by atoms with Crippen LogP contribution in [0.2, 0.25) is 0 Å². The van der Waals surface area contributed by atoms with Crippen molar-refractivity contribution in [3.63, 3.8) is 0 Å². The van der Waals surface area contributed by atoms with Crippen molar-refractivity contribution < 1.29 is 14.6 Å². The Morgan fingerprint density at radius 2 is 1.59 bits per heavy atom. The third-order valence-corrected chi connectivity index (χ3v) is 5.23. The molecule has 2 unspecified atom stereocenters. The number of unbranched alkanes of at least 4 members (excludes halogenated alkanes) is 11. The molecule has 5 heteroatoms. The lowest BCUT2D eigenvalue weighted by atomic mass is 10.0. The van der Waals surface area contributed by atoms with E-state index < -0.39 is 24.0 Å². The fourth-order valence-corrected chi connectivity index (χ4v) is 3.72. The molecule has 1 N–H and O–H groups in total. The third-order valence-electron chi connectivity index (χ3n) is 5.23. The lowest BCUT2D eigenvalue weighted by Crippen LogP contribution is -2.47.